The fourth-order valence-electron chi connectivity index (χ4n) is 3.02. The number of furan rings is 1. The second kappa shape index (κ2) is 9.17. The van der Waals surface area contributed by atoms with E-state index >= 15 is 0 Å². The molecule has 0 unspecified atom stereocenters. The molecule has 2 amide bonds. The summed E-state index contributed by atoms with van der Waals surface area (Å²) in [4.78, 5) is 24.5. The lowest BCUT2D eigenvalue weighted by Gasteiger charge is -2.11. The van der Waals surface area contributed by atoms with Crippen LogP contribution in [0.2, 0.25) is 0 Å². The van der Waals surface area contributed by atoms with E-state index in [2.05, 4.69) is 20.9 Å². The van der Waals surface area contributed by atoms with E-state index in [-0.39, 0.29) is 18.0 Å². The van der Waals surface area contributed by atoms with Crippen LogP contribution in [0.3, 0.4) is 0 Å². The number of nitrogens with one attached hydrogen (secondary N) is 2. The molecular weight excluding hydrogens is 458 g/mol. The second-order valence-corrected chi connectivity index (χ2v) is 6.98. The number of amides is 2. The van der Waals surface area contributed by atoms with Gasteiger partial charge in [0.2, 0.25) is 0 Å². The van der Waals surface area contributed by atoms with Gasteiger partial charge in [-0.25, -0.2) is 9.07 Å². The van der Waals surface area contributed by atoms with Gasteiger partial charge in [-0.3, -0.25) is 9.59 Å². The van der Waals surface area contributed by atoms with Gasteiger partial charge in [0.15, 0.2) is 17.1 Å². The number of rotatable bonds is 6. The first-order valence-corrected chi connectivity index (χ1v) is 9.73. The van der Waals surface area contributed by atoms with E-state index in [1.54, 1.807) is 30.3 Å². The summed E-state index contributed by atoms with van der Waals surface area (Å²) in [6.07, 6.45) is -3.58. The highest BCUT2D eigenvalue weighted by Crippen LogP contribution is 2.32. The van der Waals surface area contributed by atoms with Gasteiger partial charge in [0.25, 0.3) is 11.8 Å². The van der Waals surface area contributed by atoms with Crippen LogP contribution in [0.5, 0.6) is 0 Å². The molecule has 2 aromatic heterocycles. The lowest BCUT2D eigenvalue weighted by Crippen LogP contribution is -2.27. The molecule has 0 radical (unpaired) electrons. The van der Waals surface area contributed by atoms with Crippen LogP contribution < -0.4 is 10.6 Å². The number of hydrogen-bond donors (Lipinski definition) is 2. The van der Waals surface area contributed by atoms with Crippen LogP contribution in [0.4, 0.5) is 23.2 Å². The van der Waals surface area contributed by atoms with Gasteiger partial charge >= 0.3 is 6.18 Å². The van der Waals surface area contributed by atoms with Crippen LogP contribution in [0.15, 0.2) is 71.3 Å². The normalized spacial score (nSPS) is 11.3. The molecule has 0 fully saturated rings. The molecular formula is C22H15F4N5O3. The fourth-order valence-corrected chi connectivity index (χ4v) is 3.02. The highest BCUT2D eigenvalue weighted by atomic mass is 19.4. The summed E-state index contributed by atoms with van der Waals surface area (Å²) in [7, 11) is 0. The number of nitrogens with zero attached hydrogens (tertiary/aromatic N) is 3. The van der Waals surface area contributed by atoms with Gasteiger partial charge in [-0.2, -0.15) is 13.2 Å². The first-order valence-electron chi connectivity index (χ1n) is 9.73. The number of halogens is 4. The van der Waals surface area contributed by atoms with Crippen molar-refractivity contribution in [3.63, 3.8) is 0 Å². The third-order valence-electron chi connectivity index (χ3n) is 4.63. The lowest BCUT2D eigenvalue weighted by molar-refractivity contribution is -0.143. The molecule has 2 aromatic carbocycles. The maximum atomic E-state index is 13.7. The molecule has 4 rings (SSSR count). The third kappa shape index (κ3) is 4.95. The Bertz CT molecular complexity index is 1300. The molecule has 0 spiro atoms. The molecule has 2 N–H and O–H groups in total. The van der Waals surface area contributed by atoms with Crippen molar-refractivity contribution in [1.82, 2.24) is 20.3 Å². The first-order chi connectivity index (χ1) is 16.2. The van der Waals surface area contributed by atoms with Crippen molar-refractivity contribution in [3.05, 3.63) is 95.5 Å². The monoisotopic (exact) mass is 473 g/mol. The molecule has 0 saturated carbocycles. The van der Waals surface area contributed by atoms with Gasteiger partial charge in [0, 0.05) is 12.2 Å². The van der Waals surface area contributed by atoms with Crippen LogP contribution in [0.25, 0.3) is 5.69 Å². The SMILES string of the molecule is O=C(Nc1ccc(CNC(=O)c2nnn(-c3ccc(F)cc3)c2C(F)(F)F)cc1)c1ccco1. The molecule has 0 aliphatic heterocycles. The second-order valence-electron chi connectivity index (χ2n) is 6.98. The summed E-state index contributed by atoms with van der Waals surface area (Å²) < 4.78 is 59.6. The molecule has 34 heavy (non-hydrogen) atoms. The number of carbonyl (C=O) groups excluding carboxylic acids is 2. The number of hydrogen-bond acceptors (Lipinski definition) is 5. The van der Waals surface area contributed by atoms with Crippen LogP contribution in [-0.2, 0) is 12.7 Å². The summed E-state index contributed by atoms with van der Waals surface area (Å²) >= 11 is 0. The van der Waals surface area contributed by atoms with E-state index in [0.29, 0.717) is 15.9 Å². The topological polar surface area (TPSA) is 102 Å². The zero-order valence-electron chi connectivity index (χ0n) is 17.1. The average Bonchev–Trinajstić information content (AvgIpc) is 3.49. The number of carbonyl (C=O) groups is 2. The Morgan fingerprint density at radius 1 is 0.971 bits per heavy atom. The Morgan fingerprint density at radius 3 is 2.29 bits per heavy atom. The Hall–Kier alpha value is -4.48. The minimum absolute atomic E-state index is 0.104. The molecule has 0 atom stereocenters. The number of anilines is 1. The van der Waals surface area contributed by atoms with Crippen LogP contribution in [0.1, 0.15) is 32.3 Å². The minimum Gasteiger partial charge on any atom is -0.459 e. The van der Waals surface area contributed by atoms with Crippen molar-refractivity contribution in [3.8, 4) is 5.69 Å². The summed E-state index contributed by atoms with van der Waals surface area (Å²) in [5.41, 5.74) is -1.39. The van der Waals surface area contributed by atoms with E-state index in [0.717, 1.165) is 24.3 Å². The summed E-state index contributed by atoms with van der Waals surface area (Å²) in [6, 6.07) is 13.5. The quantitative estimate of drug-likeness (QED) is 0.409. The number of aromatic nitrogens is 3. The molecule has 0 aliphatic carbocycles. The molecule has 174 valence electrons. The molecule has 0 bridgehead atoms. The molecule has 4 aromatic rings. The Morgan fingerprint density at radius 2 is 1.68 bits per heavy atom. The maximum Gasteiger partial charge on any atom is 0.435 e. The fraction of sp³-hybridized carbons (Fsp3) is 0.0909. The third-order valence-corrected chi connectivity index (χ3v) is 4.63. The molecule has 0 aliphatic rings. The van der Waals surface area contributed by atoms with Crippen LogP contribution in [-0.4, -0.2) is 26.8 Å². The van der Waals surface area contributed by atoms with Crippen LogP contribution in [0, 0.1) is 5.82 Å². The first kappa shape index (κ1) is 22.7. The molecule has 2 heterocycles. The van der Waals surface area contributed by atoms with Crippen LogP contribution >= 0.6 is 0 Å². The largest absolute Gasteiger partial charge is 0.459 e. The Kier molecular flexibility index (Phi) is 6.13. The zero-order chi connectivity index (χ0) is 24.3. The van der Waals surface area contributed by atoms with Gasteiger partial charge in [-0.1, -0.05) is 17.3 Å². The smallest absolute Gasteiger partial charge is 0.435 e. The Labute approximate surface area is 189 Å². The molecule has 0 saturated heterocycles. The van der Waals surface area contributed by atoms with Gasteiger partial charge in [-0.05, 0) is 54.1 Å². The predicted octanol–water partition coefficient (Wildman–Crippen LogP) is 4.20. The van der Waals surface area contributed by atoms with Gasteiger partial charge in [-0.15, -0.1) is 5.10 Å². The van der Waals surface area contributed by atoms with Crippen molar-refractivity contribution >= 4 is 17.5 Å². The number of alkyl halides is 3. The highest BCUT2D eigenvalue weighted by molar-refractivity contribution is 6.02. The lowest BCUT2D eigenvalue weighted by atomic mass is 10.2. The molecule has 8 nitrogen and oxygen atoms in total. The summed E-state index contributed by atoms with van der Waals surface area (Å²) in [5.74, 6) is -2.04. The van der Waals surface area contributed by atoms with E-state index in [1.807, 2.05) is 0 Å². The van der Waals surface area contributed by atoms with E-state index in [9.17, 15) is 27.2 Å². The van der Waals surface area contributed by atoms with Gasteiger partial charge in [0.05, 0.1) is 12.0 Å². The standard InChI is InChI=1S/C22H15F4N5O3/c23-14-5-9-16(10-6-14)31-19(22(24,25)26)18(29-30-31)21(33)27-12-13-3-7-15(8-4-13)28-20(32)17-2-1-11-34-17/h1-11H,12H2,(H,27,33)(H,28,32). The van der Waals surface area contributed by atoms with E-state index in [1.165, 1.54) is 12.3 Å². The summed E-state index contributed by atoms with van der Waals surface area (Å²) in [6.45, 7) is -0.105. The maximum absolute atomic E-state index is 13.7. The van der Waals surface area contributed by atoms with E-state index < -0.39 is 35.2 Å². The van der Waals surface area contributed by atoms with Gasteiger partial charge in [0.1, 0.15) is 5.82 Å². The predicted molar refractivity (Wildman–Crippen MR) is 111 cm³/mol. The van der Waals surface area contributed by atoms with Crippen molar-refractivity contribution in [2.75, 3.05) is 5.32 Å². The van der Waals surface area contributed by atoms with Crippen molar-refractivity contribution < 1.29 is 31.6 Å². The highest BCUT2D eigenvalue weighted by Gasteiger charge is 2.42. The van der Waals surface area contributed by atoms with Crippen molar-refractivity contribution in [2.24, 2.45) is 0 Å². The van der Waals surface area contributed by atoms with Crippen molar-refractivity contribution in [1.29, 1.82) is 0 Å². The average molecular weight is 473 g/mol. The zero-order valence-corrected chi connectivity index (χ0v) is 17.1. The Balaban J connectivity index is 1.46. The minimum atomic E-state index is -4.95. The summed E-state index contributed by atoms with van der Waals surface area (Å²) in [5, 5.41) is 11.8. The van der Waals surface area contributed by atoms with Crippen molar-refractivity contribution in [2.45, 2.75) is 12.7 Å². The van der Waals surface area contributed by atoms with Gasteiger partial charge < -0.3 is 15.1 Å². The number of benzene rings is 2. The molecule has 12 heteroatoms. The van der Waals surface area contributed by atoms with E-state index in [4.69, 9.17) is 4.42 Å².